The lowest BCUT2D eigenvalue weighted by Crippen LogP contribution is -2.30. The van der Waals surface area contributed by atoms with Gasteiger partial charge in [0.1, 0.15) is 0 Å². The van der Waals surface area contributed by atoms with Crippen molar-refractivity contribution in [2.75, 3.05) is 24.7 Å². The van der Waals surface area contributed by atoms with Crippen molar-refractivity contribution in [2.24, 2.45) is 0 Å². The third-order valence-corrected chi connectivity index (χ3v) is 4.72. The smallest absolute Gasteiger partial charge is 0.255 e. The van der Waals surface area contributed by atoms with E-state index in [2.05, 4.69) is 5.32 Å². The predicted molar refractivity (Wildman–Crippen MR) is 106 cm³/mol. The van der Waals surface area contributed by atoms with E-state index in [1.54, 1.807) is 53.6 Å². The zero-order valence-corrected chi connectivity index (χ0v) is 16.1. The Morgan fingerprint density at radius 3 is 2.31 bits per heavy atom. The van der Waals surface area contributed by atoms with E-state index in [4.69, 9.17) is 0 Å². The molecule has 5 nitrogen and oxygen atoms in total. The van der Waals surface area contributed by atoms with Crippen LogP contribution in [0.15, 0.2) is 48.5 Å². The summed E-state index contributed by atoms with van der Waals surface area (Å²) in [6.07, 6.45) is 1.63. The summed E-state index contributed by atoms with van der Waals surface area (Å²) in [6, 6.07) is 14.0. The highest BCUT2D eigenvalue weighted by Crippen LogP contribution is 2.15. The van der Waals surface area contributed by atoms with Crippen LogP contribution in [0.25, 0.3) is 0 Å². The van der Waals surface area contributed by atoms with Gasteiger partial charge in [-0.1, -0.05) is 18.2 Å². The van der Waals surface area contributed by atoms with Gasteiger partial charge >= 0.3 is 0 Å². The van der Waals surface area contributed by atoms with Crippen LogP contribution in [0.2, 0.25) is 0 Å². The second-order valence-corrected chi connectivity index (χ2v) is 7.37. The molecule has 2 aromatic carbocycles. The van der Waals surface area contributed by atoms with Crippen molar-refractivity contribution in [3.8, 4) is 0 Å². The Morgan fingerprint density at radius 1 is 1.00 bits per heavy atom. The minimum atomic E-state index is -0.965. The number of amides is 2. The zero-order chi connectivity index (χ0) is 19.1. The molecule has 2 amide bonds. The molecule has 6 heteroatoms. The van der Waals surface area contributed by atoms with Crippen molar-refractivity contribution in [1.29, 1.82) is 0 Å². The minimum absolute atomic E-state index is 0.0569. The maximum atomic E-state index is 12.5. The molecule has 0 aliphatic carbocycles. The van der Waals surface area contributed by atoms with E-state index < -0.39 is 10.8 Å². The summed E-state index contributed by atoms with van der Waals surface area (Å²) >= 11 is 0. The third-order valence-electron chi connectivity index (χ3n) is 3.98. The van der Waals surface area contributed by atoms with Crippen LogP contribution in [0.4, 0.5) is 5.69 Å². The van der Waals surface area contributed by atoms with Crippen LogP contribution in [0, 0.1) is 0 Å². The largest absolute Gasteiger partial charge is 0.339 e. The van der Waals surface area contributed by atoms with Gasteiger partial charge in [-0.25, -0.2) is 0 Å². The Bertz CT molecular complexity index is 816. The molecule has 0 saturated heterocycles. The fraction of sp³-hybridized carbons (Fsp3) is 0.300. The van der Waals surface area contributed by atoms with Gasteiger partial charge in [0, 0.05) is 52.7 Å². The highest BCUT2D eigenvalue weighted by atomic mass is 32.2. The predicted octanol–water partition coefficient (Wildman–Crippen LogP) is 3.30. The van der Waals surface area contributed by atoms with Crippen LogP contribution in [-0.2, 0) is 16.6 Å². The Labute approximate surface area is 156 Å². The first kappa shape index (κ1) is 19.8. The van der Waals surface area contributed by atoms with Crippen LogP contribution in [0.5, 0.6) is 0 Å². The van der Waals surface area contributed by atoms with Crippen LogP contribution >= 0.6 is 0 Å². The monoisotopic (exact) mass is 372 g/mol. The average Bonchev–Trinajstić information content (AvgIpc) is 2.62. The van der Waals surface area contributed by atoms with Crippen molar-refractivity contribution in [3.63, 3.8) is 0 Å². The number of anilines is 1. The number of carbonyl (C=O) groups is 2. The average molecular weight is 372 g/mol. The second-order valence-electron chi connectivity index (χ2n) is 5.93. The first-order valence-corrected chi connectivity index (χ1v) is 10.3. The number of benzene rings is 2. The van der Waals surface area contributed by atoms with Gasteiger partial charge in [0.05, 0.1) is 0 Å². The van der Waals surface area contributed by atoms with E-state index in [1.165, 1.54) is 0 Å². The molecule has 26 heavy (non-hydrogen) atoms. The molecule has 0 aromatic heterocycles. The van der Waals surface area contributed by atoms with Crippen LogP contribution < -0.4 is 5.32 Å². The zero-order valence-electron chi connectivity index (χ0n) is 15.3. The fourth-order valence-corrected chi connectivity index (χ4v) is 3.31. The van der Waals surface area contributed by atoms with E-state index in [0.717, 1.165) is 5.56 Å². The maximum Gasteiger partial charge on any atom is 0.255 e. The quantitative estimate of drug-likeness (QED) is 0.811. The molecule has 0 bridgehead atoms. The van der Waals surface area contributed by atoms with Crippen molar-refractivity contribution in [1.82, 2.24) is 4.90 Å². The lowest BCUT2D eigenvalue weighted by Gasteiger charge is -2.19. The summed E-state index contributed by atoms with van der Waals surface area (Å²) in [5.41, 5.74) is 2.46. The van der Waals surface area contributed by atoms with Crippen molar-refractivity contribution >= 4 is 28.3 Å². The Morgan fingerprint density at radius 2 is 1.65 bits per heavy atom. The Balaban J connectivity index is 2.16. The number of hydrogen-bond donors (Lipinski definition) is 1. The summed E-state index contributed by atoms with van der Waals surface area (Å²) in [5.74, 6) is 0.0920. The number of nitrogens with zero attached hydrogens (tertiary/aromatic N) is 1. The molecule has 0 saturated carbocycles. The summed E-state index contributed by atoms with van der Waals surface area (Å²) in [5, 5.41) is 2.82. The molecule has 0 aliphatic heterocycles. The van der Waals surface area contributed by atoms with Crippen LogP contribution in [0.3, 0.4) is 0 Å². The van der Waals surface area contributed by atoms with Gasteiger partial charge in [-0.05, 0) is 49.7 Å². The molecule has 0 heterocycles. The van der Waals surface area contributed by atoms with Gasteiger partial charge in [0.15, 0.2) is 0 Å². The van der Waals surface area contributed by atoms with Crippen molar-refractivity contribution in [2.45, 2.75) is 19.6 Å². The van der Waals surface area contributed by atoms with Gasteiger partial charge in [0.2, 0.25) is 0 Å². The molecule has 2 aromatic rings. The van der Waals surface area contributed by atoms with E-state index in [1.807, 2.05) is 19.9 Å². The Hall–Kier alpha value is -2.47. The van der Waals surface area contributed by atoms with E-state index in [-0.39, 0.29) is 11.8 Å². The SMILES string of the molecule is CCN(CC)C(=O)c1cccc(NC(=O)c2cccc(CS(C)=O)c2)c1. The first-order chi connectivity index (χ1) is 12.4. The molecular weight excluding hydrogens is 348 g/mol. The topological polar surface area (TPSA) is 66.5 Å². The molecule has 2 rings (SSSR count). The summed E-state index contributed by atoms with van der Waals surface area (Å²) in [6.45, 7) is 5.14. The normalized spacial score (nSPS) is 11.7. The van der Waals surface area contributed by atoms with E-state index in [0.29, 0.717) is 35.7 Å². The van der Waals surface area contributed by atoms with Gasteiger partial charge in [-0.2, -0.15) is 0 Å². The highest BCUT2D eigenvalue weighted by Gasteiger charge is 2.14. The third kappa shape index (κ3) is 5.26. The summed E-state index contributed by atoms with van der Waals surface area (Å²) in [4.78, 5) is 26.7. The van der Waals surface area contributed by atoms with Gasteiger partial charge in [-0.3, -0.25) is 13.8 Å². The van der Waals surface area contributed by atoms with Crippen molar-refractivity contribution in [3.05, 3.63) is 65.2 Å². The standard InChI is InChI=1S/C20H24N2O3S/c1-4-22(5-2)20(24)17-10-7-11-18(13-17)21-19(23)16-9-6-8-15(12-16)14-26(3)25/h6-13H,4-5,14H2,1-3H3,(H,21,23). The number of nitrogens with one attached hydrogen (secondary N) is 1. The molecule has 0 spiro atoms. The molecular formula is C20H24N2O3S. The molecule has 0 radical (unpaired) electrons. The second kappa shape index (κ2) is 9.29. The van der Waals surface area contributed by atoms with Gasteiger partial charge < -0.3 is 10.2 Å². The number of rotatable bonds is 7. The number of carbonyl (C=O) groups excluding carboxylic acids is 2. The van der Waals surface area contributed by atoms with E-state index in [9.17, 15) is 13.8 Å². The molecule has 0 fully saturated rings. The first-order valence-electron chi connectivity index (χ1n) is 8.54. The molecule has 1 atom stereocenters. The minimum Gasteiger partial charge on any atom is -0.339 e. The summed E-state index contributed by atoms with van der Waals surface area (Å²) in [7, 11) is -0.965. The molecule has 138 valence electrons. The molecule has 0 aliphatic rings. The fourth-order valence-electron chi connectivity index (χ4n) is 2.66. The maximum absolute atomic E-state index is 12.5. The van der Waals surface area contributed by atoms with Crippen LogP contribution in [-0.4, -0.2) is 40.3 Å². The number of hydrogen-bond acceptors (Lipinski definition) is 3. The van der Waals surface area contributed by atoms with Crippen molar-refractivity contribution < 1.29 is 13.8 Å². The van der Waals surface area contributed by atoms with Gasteiger partial charge in [0.25, 0.3) is 11.8 Å². The molecule has 1 N–H and O–H groups in total. The highest BCUT2D eigenvalue weighted by molar-refractivity contribution is 7.83. The lowest BCUT2D eigenvalue weighted by atomic mass is 10.1. The van der Waals surface area contributed by atoms with Gasteiger partial charge in [-0.15, -0.1) is 0 Å². The van der Waals surface area contributed by atoms with Crippen LogP contribution in [0.1, 0.15) is 40.1 Å². The molecule has 1 unspecified atom stereocenters. The summed E-state index contributed by atoms with van der Waals surface area (Å²) < 4.78 is 11.4. The van der Waals surface area contributed by atoms with E-state index >= 15 is 0 Å². The Kier molecular flexibility index (Phi) is 7.09. The lowest BCUT2D eigenvalue weighted by molar-refractivity contribution is 0.0772.